The van der Waals surface area contributed by atoms with Gasteiger partial charge in [-0.2, -0.15) is 0 Å². The van der Waals surface area contributed by atoms with Crippen molar-refractivity contribution in [1.29, 1.82) is 0 Å². The summed E-state index contributed by atoms with van der Waals surface area (Å²) in [5, 5.41) is 3.19. The zero-order valence-corrected chi connectivity index (χ0v) is 8.61. The topological polar surface area (TPSA) is 12.0 Å². The summed E-state index contributed by atoms with van der Waals surface area (Å²) >= 11 is 5.54. The van der Waals surface area contributed by atoms with Gasteiger partial charge in [0.1, 0.15) is 5.82 Å². The Labute approximate surface area is 88.3 Å². The van der Waals surface area contributed by atoms with Gasteiger partial charge < -0.3 is 0 Å². The Kier molecular flexibility index (Phi) is 3.94. The molecule has 0 saturated heterocycles. The minimum absolute atomic E-state index is 0.0197. The lowest BCUT2D eigenvalue weighted by molar-refractivity contribution is 0.614. The summed E-state index contributed by atoms with van der Waals surface area (Å²) in [6.45, 7) is 2.41. The van der Waals surface area contributed by atoms with Crippen molar-refractivity contribution in [3.63, 3.8) is 0 Å². The summed E-state index contributed by atoms with van der Waals surface area (Å²) < 4.78 is 13.0. The molecule has 1 N–H and O–H groups in total. The van der Waals surface area contributed by atoms with Gasteiger partial charge in [-0.15, -0.1) is 6.42 Å². The van der Waals surface area contributed by atoms with Gasteiger partial charge in [0, 0.05) is 6.54 Å². The van der Waals surface area contributed by atoms with E-state index in [4.69, 9.17) is 18.0 Å². The van der Waals surface area contributed by atoms with Crippen LogP contribution >= 0.6 is 11.6 Å². The highest BCUT2D eigenvalue weighted by molar-refractivity contribution is 6.30. The fourth-order valence-corrected chi connectivity index (χ4v) is 1.10. The molecule has 0 bridgehead atoms. The molecule has 1 nitrogen and oxygen atoms in total. The van der Waals surface area contributed by atoms with Crippen molar-refractivity contribution in [2.45, 2.75) is 19.5 Å². The first-order valence-electron chi connectivity index (χ1n) is 4.27. The first kappa shape index (κ1) is 11.0. The predicted octanol–water partition coefficient (Wildman–Crippen LogP) is 2.59. The van der Waals surface area contributed by atoms with E-state index in [-0.39, 0.29) is 11.1 Å². The smallest absolute Gasteiger partial charge is 0.142 e. The lowest BCUT2D eigenvalue weighted by atomic mass is 10.2. The Hall–Kier alpha value is -1.04. The third kappa shape index (κ3) is 3.02. The molecule has 0 radical (unpaired) electrons. The highest BCUT2D eigenvalue weighted by Gasteiger charge is 2.01. The van der Waals surface area contributed by atoms with Crippen LogP contribution < -0.4 is 5.32 Å². The first-order chi connectivity index (χ1) is 6.63. The highest BCUT2D eigenvalue weighted by Crippen LogP contribution is 2.15. The SMILES string of the molecule is C#CC(C)NCc1ccc(Cl)c(F)c1. The summed E-state index contributed by atoms with van der Waals surface area (Å²) in [5.74, 6) is 2.13. The van der Waals surface area contributed by atoms with Crippen molar-refractivity contribution in [3.05, 3.63) is 34.6 Å². The van der Waals surface area contributed by atoms with Crippen molar-refractivity contribution < 1.29 is 4.39 Å². The van der Waals surface area contributed by atoms with E-state index in [1.807, 2.05) is 6.92 Å². The van der Waals surface area contributed by atoms with Crippen molar-refractivity contribution in [3.8, 4) is 12.3 Å². The maximum atomic E-state index is 13.0. The van der Waals surface area contributed by atoms with E-state index in [1.54, 1.807) is 6.07 Å². The number of nitrogens with one attached hydrogen (secondary N) is 1. The number of hydrogen-bond donors (Lipinski definition) is 1. The van der Waals surface area contributed by atoms with Crippen molar-refractivity contribution in [2.24, 2.45) is 0 Å². The number of halogens is 2. The molecule has 1 unspecified atom stereocenters. The summed E-state index contributed by atoms with van der Waals surface area (Å²) in [7, 11) is 0. The molecule has 14 heavy (non-hydrogen) atoms. The second-order valence-electron chi connectivity index (χ2n) is 3.02. The van der Waals surface area contributed by atoms with Crippen molar-refractivity contribution >= 4 is 11.6 Å². The Morgan fingerprint density at radius 1 is 1.64 bits per heavy atom. The van der Waals surface area contributed by atoms with Gasteiger partial charge in [-0.05, 0) is 24.6 Å². The lowest BCUT2D eigenvalue weighted by Gasteiger charge is -2.07. The predicted molar refractivity (Wildman–Crippen MR) is 56.5 cm³/mol. The molecule has 0 fully saturated rings. The molecule has 1 atom stereocenters. The number of hydrogen-bond acceptors (Lipinski definition) is 1. The van der Waals surface area contributed by atoms with Crippen LogP contribution in [0.3, 0.4) is 0 Å². The van der Waals surface area contributed by atoms with Gasteiger partial charge in [0.2, 0.25) is 0 Å². The number of rotatable bonds is 3. The first-order valence-corrected chi connectivity index (χ1v) is 4.64. The zero-order chi connectivity index (χ0) is 10.6. The third-order valence-corrected chi connectivity index (χ3v) is 2.15. The largest absolute Gasteiger partial charge is 0.300 e. The molecule has 0 aliphatic heterocycles. The van der Waals surface area contributed by atoms with E-state index < -0.39 is 5.82 Å². The van der Waals surface area contributed by atoms with E-state index in [0.717, 1.165) is 5.56 Å². The molecular formula is C11H11ClFN. The van der Waals surface area contributed by atoms with E-state index in [0.29, 0.717) is 6.54 Å². The maximum Gasteiger partial charge on any atom is 0.142 e. The van der Waals surface area contributed by atoms with Gasteiger partial charge in [-0.25, -0.2) is 4.39 Å². The molecule has 3 heteroatoms. The zero-order valence-electron chi connectivity index (χ0n) is 7.85. The lowest BCUT2D eigenvalue weighted by Crippen LogP contribution is -2.23. The Morgan fingerprint density at radius 3 is 2.93 bits per heavy atom. The van der Waals surface area contributed by atoms with Crippen LogP contribution in [0.15, 0.2) is 18.2 Å². The van der Waals surface area contributed by atoms with E-state index in [1.165, 1.54) is 12.1 Å². The van der Waals surface area contributed by atoms with Crippen LogP contribution in [0.5, 0.6) is 0 Å². The van der Waals surface area contributed by atoms with Crippen LogP contribution in [0.1, 0.15) is 12.5 Å². The fourth-order valence-electron chi connectivity index (χ4n) is 0.979. The van der Waals surface area contributed by atoms with E-state index >= 15 is 0 Å². The Morgan fingerprint density at radius 2 is 2.36 bits per heavy atom. The summed E-state index contributed by atoms with van der Waals surface area (Å²) in [6.07, 6.45) is 5.18. The monoisotopic (exact) mass is 211 g/mol. The standard InChI is InChI=1S/C11H11ClFN/c1-3-8(2)14-7-9-4-5-10(12)11(13)6-9/h1,4-6,8,14H,7H2,2H3. The normalized spacial score (nSPS) is 12.1. The quantitative estimate of drug-likeness (QED) is 0.758. The molecule has 1 rings (SSSR count). The van der Waals surface area contributed by atoms with Crippen LogP contribution in [0.25, 0.3) is 0 Å². The molecule has 0 aliphatic rings. The molecule has 0 aliphatic carbocycles. The molecule has 0 aromatic heterocycles. The molecule has 1 aromatic carbocycles. The van der Waals surface area contributed by atoms with Gasteiger partial charge in [-0.3, -0.25) is 5.32 Å². The van der Waals surface area contributed by atoms with Crippen LogP contribution in [0.2, 0.25) is 5.02 Å². The summed E-state index contributed by atoms with van der Waals surface area (Å²) in [4.78, 5) is 0. The average Bonchev–Trinajstić information content (AvgIpc) is 2.19. The molecule has 0 heterocycles. The van der Waals surface area contributed by atoms with Gasteiger partial charge in [0.05, 0.1) is 11.1 Å². The van der Waals surface area contributed by atoms with Crippen LogP contribution in [-0.2, 0) is 6.54 Å². The second kappa shape index (κ2) is 4.99. The van der Waals surface area contributed by atoms with Crippen LogP contribution in [0.4, 0.5) is 4.39 Å². The molecular weight excluding hydrogens is 201 g/mol. The van der Waals surface area contributed by atoms with Crippen LogP contribution in [0, 0.1) is 18.2 Å². The second-order valence-corrected chi connectivity index (χ2v) is 3.42. The average molecular weight is 212 g/mol. The molecule has 0 amide bonds. The van der Waals surface area contributed by atoms with Crippen molar-refractivity contribution in [1.82, 2.24) is 5.32 Å². The fraction of sp³-hybridized carbons (Fsp3) is 0.273. The summed E-state index contributed by atoms with van der Waals surface area (Å²) in [6, 6.07) is 4.68. The highest BCUT2D eigenvalue weighted by atomic mass is 35.5. The maximum absolute atomic E-state index is 13.0. The number of terminal acetylenes is 1. The molecule has 74 valence electrons. The number of benzene rings is 1. The van der Waals surface area contributed by atoms with Crippen LogP contribution in [-0.4, -0.2) is 6.04 Å². The van der Waals surface area contributed by atoms with Crippen molar-refractivity contribution in [2.75, 3.05) is 0 Å². The molecule has 0 spiro atoms. The summed E-state index contributed by atoms with van der Waals surface area (Å²) in [5.41, 5.74) is 0.828. The Balaban J connectivity index is 2.61. The molecule has 1 aromatic rings. The van der Waals surface area contributed by atoms with Gasteiger partial charge in [0.25, 0.3) is 0 Å². The van der Waals surface area contributed by atoms with E-state index in [9.17, 15) is 4.39 Å². The minimum atomic E-state index is -0.403. The third-order valence-electron chi connectivity index (χ3n) is 1.85. The van der Waals surface area contributed by atoms with Gasteiger partial charge in [-0.1, -0.05) is 23.6 Å². The van der Waals surface area contributed by atoms with Gasteiger partial charge in [0.15, 0.2) is 0 Å². The van der Waals surface area contributed by atoms with Gasteiger partial charge >= 0.3 is 0 Å². The minimum Gasteiger partial charge on any atom is -0.300 e. The Bertz CT molecular complexity index is 357. The molecule has 0 saturated carbocycles. The van der Waals surface area contributed by atoms with E-state index in [2.05, 4.69) is 11.2 Å².